The van der Waals surface area contributed by atoms with E-state index in [-0.39, 0.29) is 17.1 Å². The topological polar surface area (TPSA) is 114 Å². The Morgan fingerprint density at radius 1 is 0.867 bits per heavy atom. The zero-order valence-electron chi connectivity index (χ0n) is 16.9. The monoisotopic (exact) mass is 408 g/mol. The van der Waals surface area contributed by atoms with Crippen LogP contribution in [0.25, 0.3) is 22.4 Å². The summed E-state index contributed by atoms with van der Waals surface area (Å²) >= 11 is 0. The van der Waals surface area contributed by atoms with Crippen LogP contribution in [0.3, 0.4) is 0 Å². The van der Waals surface area contributed by atoms with Crippen molar-refractivity contribution in [1.29, 1.82) is 5.26 Å². The number of methoxy groups -OCH3 is 4. The maximum Gasteiger partial charge on any atom is 0.266 e. The molecular weight excluding hydrogens is 388 g/mol. The van der Waals surface area contributed by atoms with Gasteiger partial charge in [-0.3, -0.25) is 4.79 Å². The van der Waals surface area contributed by atoms with E-state index in [4.69, 9.17) is 18.9 Å². The Kier molecular flexibility index (Phi) is 5.83. The van der Waals surface area contributed by atoms with Crippen molar-refractivity contribution in [3.05, 3.63) is 52.3 Å². The molecule has 0 saturated carbocycles. The molecule has 0 atom stereocenters. The van der Waals surface area contributed by atoms with Crippen LogP contribution in [0.1, 0.15) is 5.56 Å². The minimum Gasteiger partial charge on any atom is -0.504 e. The molecule has 0 fully saturated rings. The summed E-state index contributed by atoms with van der Waals surface area (Å²) < 4.78 is 21.1. The van der Waals surface area contributed by atoms with Crippen LogP contribution in [0.4, 0.5) is 0 Å². The molecule has 0 aliphatic carbocycles. The lowest BCUT2D eigenvalue weighted by molar-refractivity contribution is 0.324. The molecule has 0 amide bonds. The molecular formula is C22H20N2O6. The van der Waals surface area contributed by atoms with Gasteiger partial charge in [0, 0.05) is 16.8 Å². The van der Waals surface area contributed by atoms with Crippen molar-refractivity contribution in [2.75, 3.05) is 28.4 Å². The number of aromatic hydroxyl groups is 1. The first-order valence-electron chi connectivity index (χ1n) is 8.82. The first-order valence-corrected chi connectivity index (χ1v) is 8.82. The Balaban J connectivity index is 2.26. The summed E-state index contributed by atoms with van der Waals surface area (Å²) in [5.41, 5.74) is 1.24. The summed E-state index contributed by atoms with van der Waals surface area (Å²) in [5.74, 6) is 1.43. The van der Waals surface area contributed by atoms with E-state index < -0.39 is 5.56 Å². The Hall–Kier alpha value is -4.12. The second-order valence-electron chi connectivity index (χ2n) is 6.21. The normalized spacial score (nSPS) is 10.2. The third-order valence-electron chi connectivity index (χ3n) is 4.61. The second kappa shape index (κ2) is 8.49. The Morgan fingerprint density at radius 3 is 2.00 bits per heavy atom. The number of benzene rings is 2. The number of hydrogen-bond acceptors (Lipinski definition) is 7. The van der Waals surface area contributed by atoms with Crippen LogP contribution in [-0.4, -0.2) is 38.5 Å². The van der Waals surface area contributed by atoms with Gasteiger partial charge in [-0.05, 0) is 35.9 Å². The number of nitriles is 1. The van der Waals surface area contributed by atoms with Gasteiger partial charge in [-0.1, -0.05) is 6.07 Å². The lowest BCUT2D eigenvalue weighted by atomic mass is 9.98. The van der Waals surface area contributed by atoms with E-state index >= 15 is 0 Å². The molecule has 8 heteroatoms. The van der Waals surface area contributed by atoms with E-state index in [1.54, 1.807) is 30.3 Å². The van der Waals surface area contributed by atoms with Gasteiger partial charge >= 0.3 is 0 Å². The van der Waals surface area contributed by atoms with Gasteiger partial charge in [0.25, 0.3) is 5.56 Å². The highest BCUT2D eigenvalue weighted by Crippen LogP contribution is 2.41. The van der Waals surface area contributed by atoms with Gasteiger partial charge in [-0.25, -0.2) is 0 Å². The molecule has 0 aliphatic heterocycles. The number of H-pyrrole nitrogens is 1. The van der Waals surface area contributed by atoms with Gasteiger partial charge in [-0.2, -0.15) is 5.26 Å². The van der Waals surface area contributed by atoms with Gasteiger partial charge in [0.05, 0.1) is 28.4 Å². The fourth-order valence-corrected chi connectivity index (χ4v) is 3.15. The van der Waals surface area contributed by atoms with E-state index in [1.807, 2.05) is 6.07 Å². The number of aromatic amines is 1. The second-order valence-corrected chi connectivity index (χ2v) is 6.21. The summed E-state index contributed by atoms with van der Waals surface area (Å²) in [6.45, 7) is 0. The molecule has 2 N–H and O–H groups in total. The van der Waals surface area contributed by atoms with Crippen LogP contribution in [0, 0.1) is 11.3 Å². The molecule has 3 rings (SSSR count). The maximum atomic E-state index is 12.6. The maximum absolute atomic E-state index is 12.6. The van der Waals surface area contributed by atoms with E-state index in [9.17, 15) is 15.2 Å². The van der Waals surface area contributed by atoms with Gasteiger partial charge in [0.15, 0.2) is 23.0 Å². The van der Waals surface area contributed by atoms with Crippen molar-refractivity contribution in [3.8, 4) is 57.2 Å². The molecule has 0 spiro atoms. The fraction of sp³-hybridized carbons (Fsp3) is 0.182. The van der Waals surface area contributed by atoms with E-state index in [0.29, 0.717) is 39.6 Å². The third-order valence-corrected chi connectivity index (χ3v) is 4.61. The van der Waals surface area contributed by atoms with E-state index in [0.717, 1.165) is 0 Å². The van der Waals surface area contributed by atoms with Gasteiger partial charge in [0.1, 0.15) is 11.6 Å². The lowest BCUT2D eigenvalue weighted by Gasteiger charge is -2.15. The summed E-state index contributed by atoms with van der Waals surface area (Å²) in [6, 6.07) is 11.6. The zero-order chi connectivity index (χ0) is 21.8. The molecule has 0 unspecified atom stereocenters. The van der Waals surface area contributed by atoms with Crippen LogP contribution < -0.4 is 24.5 Å². The third kappa shape index (κ3) is 3.61. The fourth-order valence-electron chi connectivity index (χ4n) is 3.15. The summed E-state index contributed by atoms with van der Waals surface area (Å²) in [6.07, 6.45) is 0. The minimum atomic E-state index is -0.561. The van der Waals surface area contributed by atoms with Gasteiger partial charge in [0.2, 0.25) is 5.75 Å². The van der Waals surface area contributed by atoms with Crippen molar-refractivity contribution in [2.45, 2.75) is 0 Å². The van der Waals surface area contributed by atoms with E-state index in [2.05, 4.69) is 4.98 Å². The molecule has 8 nitrogen and oxygen atoms in total. The van der Waals surface area contributed by atoms with Crippen molar-refractivity contribution in [2.24, 2.45) is 0 Å². The number of ether oxygens (including phenoxy) is 4. The molecule has 30 heavy (non-hydrogen) atoms. The highest BCUT2D eigenvalue weighted by Gasteiger charge is 2.18. The number of pyridine rings is 1. The number of nitrogens with one attached hydrogen (secondary N) is 1. The largest absolute Gasteiger partial charge is 0.504 e. The summed E-state index contributed by atoms with van der Waals surface area (Å²) in [5, 5.41) is 19.6. The smallest absolute Gasteiger partial charge is 0.266 e. The standard InChI is InChI=1S/C22H20N2O6/c1-27-18-6-5-12(7-17(18)25)14-10-16(24-22(26)15(14)11-23)13-8-19(28-2)21(30-4)20(9-13)29-3/h5-10,25H,1-4H3,(H,24,26). The van der Waals surface area contributed by atoms with Crippen LogP contribution >= 0.6 is 0 Å². The Bertz CT molecular complexity index is 1170. The Labute approximate surface area is 172 Å². The quantitative estimate of drug-likeness (QED) is 0.643. The van der Waals surface area contributed by atoms with Crippen molar-refractivity contribution in [1.82, 2.24) is 4.98 Å². The summed E-state index contributed by atoms with van der Waals surface area (Å²) in [4.78, 5) is 15.3. The van der Waals surface area contributed by atoms with Crippen LogP contribution in [0.5, 0.6) is 28.7 Å². The SMILES string of the molecule is COc1ccc(-c2cc(-c3cc(OC)c(OC)c(OC)c3)[nH]c(=O)c2C#N)cc1O. The molecule has 1 aromatic heterocycles. The first-order chi connectivity index (χ1) is 14.5. The molecule has 0 radical (unpaired) electrons. The van der Waals surface area contributed by atoms with Crippen LogP contribution in [-0.2, 0) is 0 Å². The van der Waals surface area contributed by atoms with Crippen molar-refractivity contribution in [3.63, 3.8) is 0 Å². The van der Waals surface area contributed by atoms with Gasteiger partial charge < -0.3 is 29.0 Å². The number of phenolic OH excluding ortho intramolecular Hbond substituents is 1. The average Bonchev–Trinajstić information content (AvgIpc) is 2.77. The number of nitrogens with zero attached hydrogens (tertiary/aromatic N) is 1. The first kappa shape index (κ1) is 20.6. The predicted molar refractivity (Wildman–Crippen MR) is 111 cm³/mol. The van der Waals surface area contributed by atoms with Crippen molar-refractivity contribution >= 4 is 0 Å². The number of rotatable bonds is 6. The molecule has 1 heterocycles. The highest BCUT2D eigenvalue weighted by molar-refractivity contribution is 5.78. The lowest BCUT2D eigenvalue weighted by Crippen LogP contribution is -2.12. The molecule has 0 aliphatic rings. The van der Waals surface area contributed by atoms with Crippen LogP contribution in [0.2, 0.25) is 0 Å². The zero-order valence-corrected chi connectivity index (χ0v) is 16.9. The van der Waals surface area contributed by atoms with E-state index in [1.165, 1.54) is 34.5 Å². The van der Waals surface area contributed by atoms with Crippen LogP contribution in [0.15, 0.2) is 41.2 Å². The molecule has 0 saturated heterocycles. The summed E-state index contributed by atoms with van der Waals surface area (Å²) in [7, 11) is 5.92. The predicted octanol–water partition coefficient (Wildman–Crippen LogP) is 3.32. The molecule has 2 aromatic carbocycles. The minimum absolute atomic E-state index is 0.0734. The number of phenols is 1. The van der Waals surface area contributed by atoms with Gasteiger partial charge in [-0.15, -0.1) is 0 Å². The average molecular weight is 408 g/mol. The Morgan fingerprint density at radius 2 is 1.50 bits per heavy atom. The number of aromatic nitrogens is 1. The number of hydrogen-bond donors (Lipinski definition) is 2. The molecule has 0 bridgehead atoms. The molecule has 3 aromatic rings. The highest BCUT2D eigenvalue weighted by atomic mass is 16.5. The van der Waals surface area contributed by atoms with Crippen molar-refractivity contribution < 1.29 is 24.1 Å². The molecule has 154 valence electrons.